The van der Waals surface area contributed by atoms with Gasteiger partial charge in [-0.1, -0.05) is 12.1 Å². The smallest absolute Gasteiger partial charge is 0.127 e. The number of benzene rings is 1. The lowest BCUT2D eigenvalue weighted by molar-refractivity contribution is 0.591. The second-order valence-electron chi connectivity index (χ2n) is 4.82. The van der Waals surface area contributed by atoms with Gasteiger partial charge in [-0.15, -0.1) is 0 Å². The van der Waals surface area contributed by atoms with Gasteiger partial charge in [-0.2, -0.15) is 0 Å². The number of hydrogen-bond donors (Lipinski definition) is 1. The number of H-pyrrole nitrogens is 1. The minimum atomic E-state index is -0.0861. The molecule has 1 N–H and O–H groups in total. The van der Waals surface area contributed by atoms with Crippen LogP contribution in [0.4, 0.5) is 4.39 Å². The van der Waals surface area contributed by atoms with Crippen molar-refractivity contribution in [3.63, 3.8) is 0 Å². The summed E-state index contributed by atoms with van der Waals surface area (Å²) in [6, 6.07) is 5.42. The van der Waals surface area contributed by atoms with Gasteiger partial charge in [0.15, 0.2) is 0 Å². The van der Waals surface area contributed by atoms with Crippen molar-refractivity contribution in [2.75, 3.05) is 0 Å². The summed E-state index contributed by atoms with van der Waals surface area (Å²) in [7, 11) is 0. The molecule has 0 saturated heterocycles. The van der Waals surface area contributed by atoms with Crippen molar-refractivity contribution in [2.24, 2.45) is 5.92 Å². The molecule has 1 heterocycles. The molecule has 80 valence electrons. The normalized spacial score (nSPS) is 29.9. The maximum atomic E-state index is 14.0. The summed E-state index contributed by atoms with van der Waals surface area (Å²) < 4.78 is 14.0. The maximum Gasteiger partial charge on any atom is 0.127 e. The molecule has 0 radical (unpaired) electrons. The number of fused-ring (bicyclic) bond motifs is 3. The van der Waals surface area contributed by atoms with Crippen LogP contribution in [0.3, 0.4) is 0 Å². The first-order valence-electron chi connectivity index (χ1n) is 5.59. The van der Waals surface area contributed by atoms with Gasteiger partial charge in [0.05, 0.1) is 6.33 Å². The number of halogens is 1. The summed E-state index contributed by atoms with van der Waals surface area (Å²) in [4.78, 5) is 7.21. The number of aromatic nitrogens is 2. The highest BCUT2D eigenvalue weighted by Crippen LogP contribution is 2.65. The fourth-order valence-corrected chi connectivity index (χ4v) is 3.35. The van der Waals surface area contributed by atoms with Crippen LogP contribution in [-0.2, 0) is 11.8 Å². The van der Waals surface area contributed by atoms with Gasteiger partial charge in [0, 0.05) is 22.9 Å². The van der Waals surface area contributed by atoms with Crippen molar-refractivity contribution in [1.82, 2.24) is 9.97 Å². The Balaban J connectivity index is 1.98. The van der Waals surface area contributed by atoms with E-state index < -0.39 is 0 Å². The van der Waals surface area contributed by atoms with Gasteiger partial charge >= 0.3 is 0 Å². The molecule has 1 fully saturated rings. The molecule has 3 heteroatoms. The Morgan fingerprint density at radius 1 is 1.44 bits per heavy atom. The van der Waals surface area contributed by atoms with Crippen molar-refractivity contribution in [1.29, 1.82) is 0 Å². The molecule has 2 nitrogen and oxygen atoms in total. The van der Waals surface area contributed by atoms with Crippen LogP contribution >= 0.6 is 0 Å². The Labute approximate surface area is 92.5 Å². The molecule has 0 amide bonds. The SMILES string of the molecule is Fc1cccc2c1C1(c3cnc[nH]3)CC1C2. The quantitative estimate of drug-likeness (QED) is 0.775. The minimum absolute atomic E-state index is 0.0629. The monoisotopic (exact) mass is 214 g/mol. The van der Waals surface area contributed by atoms with E-state index in [0.29, 0.717) is 5.92 Å². The molecular formula is C13H11FN2. The van der Waals surface area contributed by atoms with Crippen LogP contribution in [0.2, 0.25) is 0 Å². The second kappa shape index (κ2) is 2.54. The zero-order valence-electron chi connectivity index (χ0n) is 8.70. The molecule has 1 aromatic carbocycles. The summed E-state index contributed by atoms with van der Waals surface area (Å²) in [6.45, 7) is 0. The molecule has 0 aliphatic heterocycles. The van der Waals surface area contributed by atoms with Gasteiger partial charge in [-0.05, 0) is 30.4 Å². The fraction of sp³-hybridized carbons (Fsp3) is 0.308. The average Bonchev–Trinajstić information content (AvgIpc) is 2.69. The van der Waals surface area contributed by atoms with Gasteiger partial charge in [-0.25, -0.2) is 9.37 Å². The summed E-state index contributed by atoms with van der Waals surface area (Å²) in [5.74, 6) is 0.506. The van der Waals surface area contributed by atoms with E-state index in [9.17, 15) is 4.39 Å². The Hall–Kier alpha value is -1.64. The van der Waals surface area contributed by atoms with Gasteiger partial charge in [0.1, 0.15) is 5.82 Å². The fourth-order valence-electron chi connectivity index (χ4n) is 3.35. The zero-order valence-corrected chi connectivity index (χ0v) is 8.70. The van der Waals surface area contributed by atoms with E-state index in [1.165, 1.54) is 5.56 Å². The molecule has 2 unspecified atom stereocenters. The molecule has 0 bridgehead atoms. The van der Waals surface area contributed by atoms with Crippen LogP contribution in [0.15, 0.2) is 30.7 Å². The Kier molecular flexibility index (Phi) is 1.35. The zero-order chi connectivity index (χ0) is 10.8. The van der Waals surface area contributed by atoms with E-state index in [4.69, 9.17) is 0 Å². The molecule has 16 heavy (non-hydrogen) atoms. The van der Waals surface area contributed by atoms with Gasteiger partial charge in [0.25, 0.3) is 0 Å². The third-order valence-corrected chi connectivity index (χ3v) is 4.10. The number of nitrogens with zero attached hydrogens (tertiary/aromatic N) is 1. The van der Waals surface area contributed by atoms with Gasteiger partial charge in [0.2, 0.25) is 0 Å². The molecule has 1 saturated carbocycles. The molecule has 2 aliphatic carbocycles. The lowest BCUT2D eigenvalue weighted by Crippen LogP contribution is -2.11. The van der Waals surface area contributed by atoms with Crippen LogP contribution in [-0.4, -0.2) is 9.97 Å². The topological polar surface area (TPSA) is 28.7 Å². The van der Waals surface area contributed by atoms with Crippen LogP contribution in [0.25, 0.3) is 0 Å². The van der Waals surface area contributed by atoms with E-state index in [1.807, 2.05) is 12.3 Å². The molecule has 0 spiro atoms. The first-order valence-corrected chi connectivity index (χ1v) is 5.59. The summed E-state index contributed by atoms with van der Waals surface area (Å²) in [5, 5.41) is 0. The highest BCUT2D eigenvalue weighted by Gasteiger charge is 2.63. The highest BCUT2D eigenvalue weighted by atomic mass is 19.1. The Morgan fingerprint density at radius 2 is 2.38 bits per heavy atom. The summed E-state index contributed by atoms with van der Waals surface area (Å²) in [5.41, 5.74) is 3.06. The van der Waals surface area contributed by atoms with E-state index in [0.717, 1.165) is 24.1 Å². The van der Waals surface area contributed by atoms with Crippen molar-refractivity contribution in [3.05, 3.63) is 53.4 Å². The van der Waals surface area contributed by atoms with Gasteiger partial charge in [-0.3, -0.25) is 0 Å². The van der Waals surface area contributed by atoms with Crippen LogP contribution in [0, 0.1) is 11.7 Å². The van der Waals surface area contributed by atoms with Crippen LogP contribution < -0.4 is 0 Å². The predicted molar refractivity (Wildman–Crippen MR) is 57.6 cm³/mol. The Morgan fingerprint density at radius 3 is 3.19 bits per heavy atom. The largest absolute Gasteiger partial charge is 0.348 e. The molecule has 2 aromatic rings. The number of nitrogens with one attached hydrogen (secondary N) is 1. The molecule has 2 atom stereocenters. The van der Waals surface area contributed by atoms with Crippen molar-refractivity contribution < 1.29 is 4.39 Å². The third kappa shape index (κ3) is 0.811. The van der Waals surface area contributed by atoms with Gasteiger partial charge < -0.3 is 4.98 Å². The Bertz CT molecular complexity index is 561. The number of aromatic amines is 1. The lowest BCUT2D eigenvalue weighted by atomic mass is 9.92. The molecule has 4 rings (SSSR count). The number of hydrogen-bond acceptors (Lipinski definition) is 1. The maximum absolute atomic E-state index is 14.0. The number of imidazole rings is 1. The first-order chi connectivity index (χ1) is 7.82. The van der Waals surface area contributed by atoms with E-state index >= 15 is 0 Å². The summed E-state index contributed by atoms with van der Waals surface area (Å²) in [6.07, 6.45) is 5.58. The molecule has 2 aliphatic rings. The van der Waals surface area contributed by atoms with E-state index in [2.05, 4.69) is 9.97 Å². The molecular weight excluding hydrogens is 203 g/mol. The predicted octanol–water partition coefficient (Wildman–Crippen LogP) is 2.41. The van der Waals surface area contributed by atoms with E-state index in [-0.39, 0.29) is 11.2 Å². The summed E-state index contributed by atoms with van der Waals surface area (Å²) >= 11 is 0. The van der Waals surface area contributed by atoms with Crippen molar-refractivity contribution in [2.45, 2.75) is 18.3 Å². The van der Waals surface area contributed by atoms with E-state index in [1.54, 1.807) is 18.5 Å². The lowest BCUT2D eigenvalue weighted by Gasteiger charge is -2.14. The second-order valence-corrected chi connectivity index (χ2v) is 4.82. The van der Waals surface area contributed by atoms with Crippen molar-refractivity contribution in [3.8, 4) is 0 Å². The molecule has 1 aromatic heterocycles. The standard InChI is InChI=1S/C13H11FN2/c14-10-3-1-2-8-4-9-5-13(9,12(8)10)11-6-15-7-16-11/h1-3,6-7,9H,4-5H2,(H,15,16). The van der Waals surface area contributed by atoms with Crippen LogP contribution in [0.1, 0.15) is 23.2 Å². The third-order valence-electron chi connectivity index (χ3n) is 4.10. The highest BCUT2D eigenvalue weighted by molar-refractivity contribution is 5.54. The van der Waals surface area contributed by atoms with Crippen LogP contribution in [0.5, 0.6) is 0 Å². The number of rotatable bonds is 1. The minimum Gasteiger partial charge on any atom is -0.348 e. The average molecular weight is 214 g/mol. The first kappa shape index (κ1) is 8.50. The van der Waals surface area contributed by atoms with Crippen molar-refractivity contribution >= 4 is 0 Å².